The van der Waals surface area contributed by atoms with Crippen LogP contribution in [-0.2, 0) is 33.7 Å². The van der Waals surface area contributed by atoms with Gasteiger partial charge in [-0.15, -0.1) is 69.1 Å². The van der Waals surface area contributed by atoms with Crippen LogP contribution < -0.4 is 0 Å². The molecule has 0 spiro atoms. The van der Waals surface area contributed by atoms with E-state index in [0.29, 0.717) is 11.8 Å². The van der Waals surface area contributed by atoms with Gasteiger partial charge in [-0.05, 0) is 60.8 Å². The summed E-state index contributed by atoms with van der Waals surface area (Å²) in [4.78, 5) is 0. The molecule has 6 rings (SSSR count). The van der Waals surface area contributed by atoms with Gasteiger partial charge in [-0.25, -0.2) is 0 Å². The van der Waals surface area contributed by atoms with Crippen molar-refractivity contribution in [2.75, 3.05) is 0 Å². The van der Waals surface area contributed by atoms with Crippen LogP contribution >= 0.6 is 17.0 Å². The first kappa shape index (κ1) is 40.2. The van der Waals surface area contributed by atoms with Gasteiger partial charge in [0.05, 0.1) is 0 Å². The van der Waals surface area contributed by atoms with Crippen LogP contribution in [0.2, 0.25) is 13.1 Å². The zero-order valence-corrected chi connectivity index (χ0v) is 35.5. The number of fused-ring (bicyclic) bond motifs is 2. The molecule has 2 radical (unpaired) electrons. The van der Waals surface area contributed by atoms with Crippen molar-refractivity contribution in [1.82, 2.24) is 0 Å². The number of hydrogen-bond donors (Lipinski definition) is 0. The fourth-order valence-corrected chi connectivity index (χ4v) is 6.35. The van der Waals surface area contributed by atoms with Gasteiger partial charge in [-0.3, -0.25) is 0 Å². The van der Waals surface area contributed by atoms with Crippen LogP contribution in [0.15, 0.2) is 97.1 Å². The van der Waals surface area contributed by atoms with E-state index in [9.17, 15) is 0 Å². The normalized spacial score (nSPS) is 10.6. The van der Waals surface area contributed by atoms with E-state index in [4.69, 9.17) is 17.0 Å². The van der Waals surface area contributed by atoms with Crippen molar-refractivity contribution in [3.63, 3.8) is 0 Å². The third kappa shape index (κ3) is 9.94. The van der Waals surface area contributed by atoms with Crippen LogP contribution in [0.3, 0.4) is 0 Å². The Hall–Kier alpha value is -2.22. The topological polar surface area (TPSA) is 0 Å². The average Bonchev–Trinajstić information content (AvgIpc) is 3.71. The molecule has 4 heteroatoms. The van der Waals surface area contributed by atoms with Crippen LogP contribution in [0.5, 0.6) is 0 Å². The minimum atomic E-state index is -0.826. The molecule has 0 aliphatic carbocycles. The van der Waals surface area contributed by atoms with E-state index in [-0.39, 0.29) is 0 Å². The van der Waals surface area contributed by atoms with Crippen molar-refractivity contribution < 1.29 is 20.8 Å². The van der Waals surface area contributed by atoms with E-state index >= 15 is 0 Å². The molecule has 0 N–H and O–H groups in total. The summed E-state index contributed by atoms with van der Waals surface area (Å²) in [5.74, 6) is 1.15. The molecule has 6 aromatic carbocycles. The molecule has 0 bridgehead atoms. The van der Waals surface area contributed by atoms with E-state index in [1.54, 1.807) is 0 Å². The number of benzene rings is 4. The van der Waals surface area contributed by atoms with Gasteiger partial charge in [-0.1, -0.05) is 125 Å². The summed E-state index contributed by atoms with van der Waals surface area (Å²) >= 11 is -0.826. The Kier molecular flexibility index (Phi) is 16.6. The molecular formula is C44H52Cl2SiZr. The Morgan fingerprint density at radius 1 is 0.604 bits per heavy atom. The summed E-state index contributed by atoms with van der Waals surface area (Å²) in [7, 11) is 11.0. The standard InChI is InChI=1S/2C21H23.C2H6Si.2ClH.Zr/c2*1-5-16-8-6-7-9-19(16)21-15(4)10-11-17-12-18(14(2)3)13-20(17)21;1-3-2;;;/h2*6-14H,5H2,1-4H3;1-2H3;2*1H;/q2*-1;;;;+4/p-2. The van der Waals surface area contributed by atoms with Gasteiger partial charge in [-0.2, -0.15) is 12.1 Å². The van der Waals surface area contributed by atoms with Crippen LogP contribution in [-0.4, -0.2) is 9.52 Å². The van der Waals surface area contributed by atoms with E-state index in [0.717, 1.165) is 22.4 Å². The molecule has 0 heterocycles. The molecule has 48 heavy (non-hydrogen) atoms. The molecule has 0 unspecified atom stereocenters. The van der Waals surface area contributed by atoms with Gasteiger partial charge in [0.2, 0.25) is 0 Å². The van der Waals surface area contributed by atoms with E-state index in [1.807, 2.05) is 0 Å². The molecule has 0 aliphatic rings. The molecule has 6 aromatic rings. The van der Waals surface area contributed by atoms with Gasteiger partial charge >= 0.3 is 37.9 Å². The van der Waals surface area contributed by atoms with E-state index in [1.165, 1.54) is 77.2 Å². The van der Waals surface area contributed by atoms with Gasteiger partial charge in [0.25, 0.3) is 0 Å². The first-order valence-corrected chi connectivity index (χ1v) is 25.5. The second-order valence-corrected chi connectivity index (χ2v) is 17.7. The average molecular weight is 771 g/mol. The quantitative estimate of drug-likeness (QED) is 0.117. The Labute approximate surface area is 312 Å². The van der Waals surface area contributed by atoms with Crippen LogP contribution in [0.1, 0.15) is 86.8 Å². The number of rotatable bonds is 6. The van der Waals surface area contributed by atoms with Crippen LogP contribution in [0, 0.1) is 13.8 Å². The monoisotopic (exact) mass is 768 g/mol. The van der Waals surface area contributed by atoms with Crippen molar-refractivity contribution in [2.24, 2.45) is 0 Å². The van der Waals surface area contributed by atoms with Crippen LogP contribution in [0.4, 0.5) is 0 Å². The first-order chi connectivity index (χ1) is 23.1. The van der Waals surface area contributed by atoms with Gasteiger partial charge in [0.15, 0.2) is 0 Å². The number of halogens is 2. The third-order valence-corrected chi connectivity index (χ3v) is 8.91. The SMILES string of the molecule is CCc1ccccc1-c1c(C)ccc2[cH-]c(C(C)C)cc12.CCc1ccccc1-c1c(C)ccc2[cH-]c(C(C)C)cc12.C[Si]C.[Cl][Zr+2][Cl]. The molecule has 250 valence electrons. The fourth-order valence-electron chi connectivity index (χ4n) is 6.35. The number of aryl methyl sites for hydroxylation is 4. The van der Waals surface area contributed by atoms with Crippen molar-refractivity contribution in [1.29, 1.82) is 0 Å². The maximum atomic E-state index is 4.93. The maximum absolute atomic E-state index is 4.93. The second-order valence-electron chi connectivity index (χ2n) is 13.0. The van der Waals surface area contributed by atoms with E-state index < -0.39 is 20.8 Å². The Morgan fingerprint density at radius 2 is 0.938 bits per heavy atom. The van der Waals surface area contributed by atoms with Crippen molar-refractivity contribution >= 4 is 48.1 Å². The first-order valence-electron chi connectivity index (χ1n) is 17.2. The zero-order valence-electron chi connectivity index (χ0n) is 30.6. The van der Waals surface area contributed by atoms with Gasteiger partial charge < -0.3 is 0 Å². The summed E-state index contributed by atoms with van der Waals surface area (Å²) in [6, 6.07) is 36.1. The minimum absolute atomic E-state index is 0.576. The Morgan fingerprint density at radius 3 is 1.25 bits per heavy atom. The Bertz CT molecular complexity index is 1740. The van der Waals surface area contributed by atoms with Crippen molar-refractivity contribution in [2.45, 2.75) is 93.2 Å². The summed E-state index contributed by atoms with van der Waals surface area (Å²) in [5.41, 5.74) is 14.1. The molecule has 0 amide bonds. The van der Waals surface area contributed by atoms with Gasteiger partial charge in [0.1, 0.15) is 0 Å². The summed E-state index contributed by atoms with van der Waals surface area (Å²) < 4.78 is 0. The molecule has 0 nitrogen and oxygen atoms in total. The van der Waals surface area contributed by atoms with Crippen LogP contribution in [0.25, 0.3) is 43.8 Å². The molecule has 0 saturated carbocycles. The molecule has 0 fully saturated rings. The number of hydrogen-bond acceptors (Lipinski definition) is 0. The second kappa shape index (κ2) is 19.8. The molecule has 0 atom stereocenters. The Balaban J connectivity index is 0.000000224. The molecular weight excluding hydrogens is 719 g/mol. The predicted octanol–water partition coefficient (Wildman–Crippen LogP) is 14.6. The molecule has 0 saturated heterocycles. The fraction of sp³-hybridized carbons (Fsp3) is 0.318. The van der Waals surface area contributed by atoms with E-state index in [2.05, 4.69) is 166 Å². The zero-order chi connectivity index (χ0) is 35.4. The summed E-state index contributed by atoms with van der Waals surface area (Å²) in [6.07, 6.45) is 2.15. The predicted molar refractivity (Wildman–Crippen MR) is 216 cm³/mol. The molecule has 0 aromatic heterocycles. The van der Waals surface area contributed by atoms with Gasteiger partial charge in [0, 0.05) is 9.52 Å². The summed E-state index contributed by atoms with van der Waals surface area (Å²) in [6.45, 7) is 22.3. The molecule has 0 aliphatic heterocycles. The summed E-state index contributed by atoms with van der Waals surface area (Å²) in [5, 5.41) is 5.54. The van der Waals surface area contributed by atoms with Crippen molar-refractivity contribution in [3.05, 3.63) is 130 Å². The third-order valence-electron chi connectivity index (χ3n) is 8.91. The van der Waals surface area contributed by atoms with Crippen molar-refractivity contribution in [3.8, 4) is 22.3 Å².